The normalized spacial score (nSPS) is 23.9. The van der Waals surface area contributed by atoms with Crippen molar-refractivity contribution in [2.75, 3.05) is 39.8 Å². The van der Waals surface area contributed by atoms with E-state index in [1.165, 1.54) is 0 Å². The average Bonchev–Trinajstić information content (AvgIpc) is 2.97. The second-order valence-corrected chi connectivity index (χ2v) is 8.69. The van der Waals surface area contributed by atoms with Crippen molar-refractivity contribution < 1.29 is 21.6 Å². The van der Waals surface area contributed by atoms with Gasteiger partial charge in [-0.2, -0.15) is 17.5 Å². The molecule has 0 aliphatic carbocycles. The molecule has 0 amide bonds. The maximum absolute atomic E-state index is 12.6. The number of guanidine groups is 1. The van der Waals surface area contributed by atoms with Crippen molar-refractivity contribution in [3.63, 3.8) is 0 Å². The third kappa shape index (κ3) is 6.60. The number of aliphatic imine (C=N–C) groups is 1. The molecule has 0 spiro atoms. The summed E-state index contributed by atoms with van der Waals surface area (Å²) < 4.78 is 61.3. The number of nitrogens with zero attached hydrogens (tertiary/aromatic N) is 3. The van der Waals surface area contributed by atoms with Gasteiger partial charge in [0.1, 0.15) is 0 Å². The van der Waals surface area contributed by atoms with Gasteiger partial charge in [0.25, 0.3) is 0 Å². The van der Waals surface area contributed by atoms with E-state index in [0.29, 0.717) is 42.2 Å². The highest BCUT2D eigenvalue weighted by Gasteiger charge is 2.50. The minimum atomic E-state index is -5.24. The fourth-order valence-corrected chi connectivity index (χ4v) is 4.29. The van der Waals surface area contributed by atoms with E-state index in [4.69, 9.17) is 0 Å². The first kappa shape index (κ1) is 24.7. The van der Waals surface area contributed by atoms with Crippen molar-refractivity contribution in [3.05, 3.63) is 0 Å². The molecule has 2 fully saturated rings. The van der Waals surface area contributed by atoms with Crippen LogP contribution in [-0.4, -0.2) is 80.9 Å². The molecule has 12 heteroatoms. The van der Waals surface area contributed by atoms with Crippen molar-refractivity contribution in [3.8, 4) is 0 Å². The Labute approximate surface area is 176 Å². The number of hydrogen-bond acceptors (Lipinski definition) is 4. The number of hydrogen-bond donors (Lipinski definition) is 2. The fourth-order valence-electron chi connectivity index (χ4n) is 3.31. The van der Waals surface area contributed by atoms with E-state index < -0.39 is 15.5 Å². The van der Waals surface area contributed by atoms with Gasteiger partial charge in [0.05, 0.1) is 6.54 Å². The van der Waals surface area contributed by atoms with E-state index in [1.807, 2.05) is 6.92 Å². The van der Waals surface area contributed by atoms with E-state index in [-0.39, 0.29) is 43.1 Å². The molecule has 0 aromatic heterocycles. The predicted octanol–water partition coefficient (Wildman–Crippen LogP) is 1.57. The lowest BCUT2D eigenvalue weighted by molar-refractivity contribution is -0.0494. The van der Waals surface area contributed by atoms with Crippen LogP contribution in [-0.2, 0) is 10.0 Å². The Balaban J connectivity index is 0.00000364. The maximum Gasteiger partial charge on any atom is 0.511 e. The lowest BCUT2D eigenvalue weighted by Crippen LogP contribution is -2.51. The lowest BCUT2D eigenvalue weighted by Gasteiger charge is -2.32. The summed E-state index contributed by atoms with van der Waals surface area (Å²) in [5.74, 6) is 0.630. The molecule has 1 atom stereocenters. The zero-order valence-electron chi connectivity index (χ0n) is 15.6. The molecule has 1 unspecified atom stereocenters. The molecule has 160 valence electrons. The smallest absolute Gasteiger partial charge is 0.357 e. The van der Waals surface area contributed by atoms with Gasteiger partial charge in [-0.3, -0.25) is 4.99 Å². The standard InChI is InChI=1S/C15H28F3N5O2S.HI/c1-3-19-14(20-11-13-5-4-8-22(13)2)21-12-6-9-23(10-7-12)26(24,25)15(16,17)18;/h12-13H,3-11H2,1-2H3,(H2,19,20,21);1H. The minimum absolute atomic E-state index is 0. The molecule has 0 radical (unpaired) electrons. The summed E-state index contributed by atoms with van der Waals surface area (Å²) >= 11 is 0. The molecular formula is C15H29F3IN5O2S. The predicted molar refractivity (Wildman–Crippen MR) is 110 cm³/mol. The lowest BCUT2D eigenvalue weighted by atomic mass is 10.1. The Morgan fingerprint density at radius 2 is 1.81 bits per heavy atom. The molecular weight excluding hydrogens is 498 g/mol. The third-order valence-electron chi connectivity index (χ3n) is 4.90. The topological polar surface area (TPSA) is 77.0 Å². The fraction of sp³-hybridized carbons (Fsp3) is 0.933. The van der Waals surface area contributed by atoms with Gasteiger partial charge < -0.3 is 15.5 Å². The van der Waals surface area contributed by atoms with E-state index >= 15 is 0 Å². The summed E-state index contributed by atoms with van der Waals surface area (Å²) in [4.78, 5) is 6.86. The van der Waals surface area contributed by atoms with Crippen LogP contribution < -0.4 is 10.6 Å². The number of piperidine rings is 1. The molecule has 0 aromatic carbocycles. The van der Waals surface area contributed by atoms with Gasteiger partial charge in [-0.05, 0) is 46.2 Å². The maximum atomic E-state index is 12.6. The number of likely N-dealkylation sites (N-methyl/N-ethyl adjacent to an activating group) is 1. The molecule has 2 heterocycles. The zero-order valence-corrected chi connectivity index (χ0v) is 18.8. The molecule has 7 nitrogen and oxygen atoms in total. The van der Waals surface area contributed by atoms with E-state index in [9.17, 15) is 21.6 Å². The number of likely N-dealkylation sites (tertiary alicyclic amines) is 1. The largest absolute Gasteiger partial charge is 0.511 e. The minimum Gasteiger partial charge on any atom is -0.357 e. The summed E-state index contributed by atoms with van der Waals surface area (Å²) in [7, 11) is -3.16. The molecule has 0 aromatic rings. The van der Waals surface area contributed by atoms with Crippen molar-refractivity contribution in [2.24, 2.45) is 4.99 Å². The summed E-state index contributed by atoms with van der Waals surface area (Å²) in [5.41, 5.74) is -5.24. The Bertz CT molecular complexity index is 595. The Morgan fingerprint density at radius 3 is 2.30 bits per heavy atom. The van der Waals surface area contributed by atoms with Crippen LogP contribution in [0.1, 0.15) is 32.6 Å². The molecule has 2 aliphatic heterocycles. The van der Waals surface area contributed by atoms with Crippen LogP contribution in [0.3, 0.4) is 0 Å². The quantitative estimate of drug-likeness (QED) is 0.323. The zero-order chi connectivity index (χ0) is 19.4. The van der Waals surface area contributed by atoms with Gasteiger partial charge >= 0.3 is 15.5 Å². The molecule has 27 heavy (non-hydrogen) atoms. The summed E-state index contributed by atoms with van der Waals surface area (Å²) in [5, 5.41) is 6.37. The molecule has 2 saturated heterocycles. The van der Waals surface area contributed by atoms with Crippen molar-refractivity contribution in [1.29, 1.82) is 0 Å². The monoisotopic (exact) mass is 527 g/mol. The van der Waals surface area contributed by atoms with Gasteiger partial charge in [-0.1, -0.05) is 0 Å². The Hall–Kier alpha value is -0.340. The van der Waals surface area contributed by atoms with Crippen LogP contribution in [0.25, 0.3) is 0 Å². The van der Waals surface area contributed by atoms with Crippen LogP contribution in [0.2, 0.25) is 0 Å². The van der Waals surface area contributed by atoms with Crippen LogP contribution >= 0.6 is 24.0 Å². The first-order valence-electron chi connectivity index (χ1n) is 8.96. The van der Waals surface area contributed by atoms with Crippen LogP contribution in [0.4, 0.5) is 13.2 Å². The van der Waals surface area contributed by atoms with Crippen molar-refractivity contribution >= 4 is 40.0 Å². The molecule has 2 N–H and O–H groups in total. The SMILES string of the molecule is CCNC(=NCC1CCCN1C)NC1CCN(S(=O)(=O)C(F)(F)F)CC1.I. The number of sulfonamides is 1. The second kappa shape index (κ2) is 10.4. The van der Waals surface area contributed by atoms with Gasteiger partial charge in [0.2, 0.25) is 0 Å². The number of nitrogens with one attached hydrogen (secondary N) is 2. The van der Waals surface area contributed by atoms with Crippen LogP contribution in [0, 0.1) is 0 Å². The second-order valence-electron chi connectivity index (χ2n) is 6.76. The number of rotatable bonds is 5. The molecule has 2 rings (SSSR count). The number of alkyl halides is 3. The highest BCUT2D eigenvalue weighted by atomic mass is 127. The molecule has 0 saturated carbocycles. The van der Waals surface area contributed by atoms with Gasteiger partial charge in [-0.25, -0.2) is 8.42 Å². The molecule has 0 bridgehead atoms. The Morgan fingerprint density at radius 1 is 1.19 bits per heavy atom. The molecule has 2 aliphatic rings. The first-order chi connectivity index (χ1) is 12.1. The third-order valence-corrected chi connectivity index (χ3v) is 6.53. The summed E-state index contributed by atoms with van der Waals surface area (Å²) in [6.07, 6.45) is 2.88. The van der Waals surface area contributed by atoms with E-state index in [1.54, 1.807) is 0 Å². The Kier molecular flexibility index (Phi) is 9.55. The summed E-state index contributed by atoms with van der Waals surface area (Å²) in [6.45, 7) is 4.04. The average molecular weight is 527 g/mol. The first-order valence-corrected chi connectivity index (χ1v) is 10.4. The van der Waals surface area contributed by atoms with Gasteiger partial charge in [0.15, 0.2) is 5.96 Å². The van der Waals surface area contributed by atoms with Crippen LogP contribution in [0.15, 0.2) is 4.99 Å². The van der Waals surface area contributed by atoms with E-state index in [2.05, 4.69) is 27.6 Å². The number of halogens is 4. The van der Waals surface area contributed by atoms with Gasteiger partial charge in [-0.15, -0.1) is 24.0 Å². The highest BCUT2D eigenvalue weighted by Crippen LogP contribution is 2.28. The van der Waals surface area contributed by atoms with Gasteiger partial charge in [0, 0.05) is 31.7 Å². The van der Waals surface area contributed by atoms with E-state index in [0.717, 1.165) is 19.4 Å². The van der Waals surface area contributed by atoms with Crippen LogP contribution in [0.5, 0.6) is 0 Å². The van der Waals surface area contributed by atoms with Crippen molar-refractivity contribution in [2.45, 2.75) is 50.2 Å². The summed E-state index contributed by atoms with van der Waals surface area (Å²) in [6, 6.07) is 0.304. The highest BCUT2D eigenvalue weighted by molar-refractivity contribution is 14.0. The van der Waals surface area contributed by atoms with Crippen molar-refractivity contribution in [1.82, 2.24) is 19.8 Å².